The van der Waals surface area contributed by atoms with Crippen LogP contribution in [0.2, 0.25) is 0 Å². The second-order valence-corrected chi connectivity index (χ2v) is 3.77. The predicted octanol–water partition coefficient (Wildman–Crippen LogP) is 0.654. The van der Waals surface area contributed by atoms with Gasteiger partial charge >= 0.3 is 0 Å². The third-order valence-electron chi connectivity index (χ3n) is 2.33. The molecule has 0 saturated heterocycles. The van der Waals surface area contributed by atoms with Crippen LogP contribution in [0.3, 0.4) is 0 Å². The zero-order chi connectivity index (χ0) is 12.3. The van der Waals surface area contributed by atoms with Crippen molar-refractivity contribution in [2.24, 2.45) is 5.73 Å². The number of nitrogens with zero attached hydrogens (tertiary/aromatic N) is 1. The van der Waals surface area contributed by atoms with Crippen molar-refractivity contribution < 1.29 is 9.53 Å². The number of primary amides is 1. The third kappa shape index (κ3) is 2.64. The zero-order valence-corrected chi connectivity index (χ0v) is 9.73. The van der Waals surface area contributed by atoms with E-state index in [1.54, 1.807) is 18.2 Å². The van der Waals surface area contributed by atoms with Gasteiger partial charge in [0, 0.05) is 5.69 Å². The minimum atomic E-state index is -0.584. The normalized spacial score (nSPS) is 12.5. The fraction of sp³-hybridized carbons (Fsp3) is 0.364. The van der Waals surface area contributed by atoms with Crippen molar-refractivity contribution in [2.45, 2.75) is 13.2 Å². The molecule has 1 aromatic carbocycles. The topological polar surface area (TPSA) is 81.6 Å². The Morgan fingerprint density at radius 2 is 2.06 bits per heavy atom. The van der Waals surface area contributed by atoms with E-state index in [-0.39, 0.29) is 11.8 Å². The van der Waals surface area contributed by atoms with Gasteiger partial charge < -0.3 is 16.2 Å². The Balaban J connectivity index is 3.04. The van der Waals surface area contributed by atoms with Crippen molar-refractivity contribution in [1.82, 2.24) is 4.90 Å². The van der Waals surface area contributed by atoms with E-state index in [9.17, 15) is 4.79 Å². The second kappa shape index (κ2) is 4.85. The van der Waals surface area contributed by atoms with Gasteiger partial charge in [-0.3, -0.25) is 9.69 Å². The van der Waals surface area contributed by atoms with Gasteiger partial charge in [0.05, 0.1) is 0 Å². The van der Waals surface area contributed by atoms with Crippen LogP contribution in [0.1, 0.15) is 17.3 Å². The number of ether oxygens (including phenoxy) is 1. The molecule has 1 rings (SSSR count). The highest BCUT2D eigenvalue weighted by molar-refractivity contribution is 6.00. The molecule has 88 valence electrons. The van der Waals surface area contributed by atoms with E-state index in [0.29, 0.717) is 11.4 Å². The lowest BCUT2D eigenvalue weighted by Crippen LogP contribution is -2.31. The number of benzene rings is 1. The smallest absolute Gasteiger partial charge is 0.254 e. The average Bonchev–Trinajstić information content (AvgIpc) is 2.16. The minimum absolute atomic E-state index is 0.167. The molecule has 5 heteroatoms. The number of carbonyl (C=O) groups excluding carboxylic acids is 1. The molecule has 0 aliphatic carbocycles. The summed E-state index contributed by atoms with van der Waals surface area (Å²) in [5, 5.41) is 0. The number of nitrogens with two attached hydrogens (primary N) is 2. The first-order chi connectivity index (χ1) is 7.43. The Kier molecular flexibility index (Phi) is 3.73. The summed E-state index contributed by atoms with van der Waals surface area (Å²) in [7, 11) is 3.75. The fourth-order valence-corrected chi connectivity index (χ4v) is 1.20. The van der Waals surface area contributed by atoms with Crippen molar-refractivity contribution in [1.29, 1.82) is 0 Å². The molecule has 0 aliphatic rings. The highest BCUT2D eigenvalue weighted by Crippen LogP contribution is 2.24. The van der Waals surface area contributed by atoms with Crippen molar-refractivity contribution >= 4 is 11.6 Å². The summed E-state index contributed by atoms with van der Waals surface area (Å²) in [5.41, 5.74) is 11.5. The van der Waals surface area contributed by atoms with E-state index in [2.05, 4.69) is 0 Å². The highest BCUT2D eigenvalue weighted by Gasteiger charge is 2.15. The van der Waals surface area contributed by atoms with Gasteiger partial charge in [0.1, 0.15) is 17.5 Å². The third-order valence-corrected chi connectivity index (χ3v) is 2.33. The molecular weight excluding hydrogens is 206 g/mol. The number of amides is 1. The molecule has 5 nitrogen and oxygen atoms in total. The van der Waals surface area contributed by atoms with Gasteiger partial charge in [0.15, 0.2) is 0 Å². The van der Waals surface area contributed by atoms with E-state index in [1.807, 2.05) is 25.9 Å². The maximum Gasteiger partial charge on any atom is 0.254 e. The van der Waals surface area contributed by atoms with Crippen LogP contribution >= 0.6 is 0 Å². The van der Waals surface area contributed by atoms with Crippen molar-refractivity contribution in [3.63, 3.8) is 0 Å². The first kappa shape index (κ1) is 12.3. The summed E-state index contributed by atoms with van der Waals surface area (Å²) in [4.78, 5) is 13.1. The van der Waals surface area contributed by atoms with Gasteiger partial charge in [0.25, 0.3) is 5.91 Å². The van der Waals surface area contributed by atoms with Crippen LogP contribution in [0.15, 0.2) is 18.2 Å². The SMILES string of the molecule is CC(Oc1cccc(N)c1C(N)=O)N(C)C. The molecule has 1 amide bonds. The van der Waals surface area contributed by atoms with Gasteiger partial charge in [0.2, 0.25) is 0 Å². The van der Waals surface area contributed by atoms with Crippen LogP contribution < -0.4 is 16.2 Å². The summed E-state index contributed by atoms with van der Waals surface area (Å²) >= 11 is 0. The number of nitrogen functional groups attached to an aromatic ring is 1. The van der Waals surface area contributed by atoms with Crippen LogP contribution in [0.5, 0.6) is 5.75 Å². The molecule has 4 N–H and O–H groups in total. The molecule has 1 aromatic rings. The number of rotatable bonds is 4. The minimum Gasteiger partial charge on any atom is -0.475 e. The van der Waals surface area contributed by atoms with Gasteiger partial charge in [-0.25, -0.2) is 0 Å². The summed E-state index contributed by atoms with van der Waals surface area (Å²) in [6.45, 7) is 1.87. The molecule has 0 radical (unpaired) electrons. The van der Waals surface area contributed by atoms with Crippen molar-refractivity contribution in [3.8, 4) is 5.75 Å². The molecule has 0 bridgehead atoms. The molecule has 0 heterocycles. The molecule has 1 unspecified atom stereocenters. The summed E-state index contributed by atoms with van der Waals surface area (Å²) in [6, 6.07) is 5.02. The van der Waals surface area contributed by atoms with E-state index < -0.39 is 5.91 Å². The molecular formula is C11H17N3O2. The first-order valence-electron chi connectivity index (χ1n) is 4.95. The lowest BCUT2D eigenvalue weighted by atomic mass is 10.1. The maximum absolute atomic E-state index is 11.2. The van der Waals surface area contributed by atoms with Crippen LogP contribution in [-0.2, 0) is 0 Å². The lowest BCUT2D eigenvalue weighted by Gasteiger charge is -2.22. The standard InChI is InChI=1S/C11H17N3O2/c1-7(14(2)3)16-9-6-4-5-8(12)10(9)11(13)15/h4-7H,12H2,1-3H3,(H2,13,15). The van der Waals surface area contributed by atoms with E-state index in [4.69, 9.17) is 16.2 Å². The van der Waals surface area contributed by atoms with Gasteiger partial charge in [-0.1, -0.05) is 6.07 Å². The van der Waals surface area contributed by atoms with Crippen LogP contribution in [0, 0.1) is 0 Å². The zero-order valence-electron chi connectivity index (χ0n) is 9.73. The molecule has 0 spiro atoms. The number of hydrogen-bond donors (Lipinski definition) is 2. The monoisotopic (exact) mass is 223 g/mol. The molecule has 0 aromatic heterocycles. The molecule has 16 heavy (non-hydrogen) atoms. The Hall–Kier alpha value is -1.75. The van der Waals surface area contributed by atoms with Gasteiger partial charge in [-0.05, 0) is 33.2 Å². The Bertz CT molecular complexity index is 391. The van der Waals surface area contributed by atoms with Crippen LogP contribution in [0.4, 0.5) is 5.69 Å². The van der Waals surface area contributed by atoms with Crippen LogP contribution in [0.25, 0.3) is 0 Å². The maximum atomic E-state index is 11.2. The van der Waals surface area contributed by atoms with Crippen LogP contribution in [-0.4, -0.2) is 31.1 Å². The Morgan fingerprint density at radius 1 is 1.44 bits per heavy atom. The van der Waals surface area contributed by atoms with E-state index in [1.165, 1.54) is 0 Å². The lowest BCUT2D eigenvalue weighted by molar-refractivity contribution is 0.0788. The Labute approximate surface area is 95.0 Å². The summed E-state index contributed by atoms with van der Waals surface area (Å²) < 4.78 is 5.59. The largest absolute Gasteiger partial charge is 0.475 e. The van der Waals surface area contributed by atoms with Crippen molar-refractivity contribution in [2.75, 3.05) is 19.8 Å². The Morgan fingerprint density at radius 3 is 2.56 bits per heavy atom. The molecule has 0 saturated carbocycles. The van der Waals surface area contributed by atoms with E-state index in [0.717, 1.165) is 0 Å². The van der Waals surface area contributed by atoms with Gasteiger partial charge in [-0.2, -0.15) is 0 Å². The molecule has 0 fully saturated rings. The number of hydrogen-bond acceptors (Lipinski definition) is 4. The summed E-state index contributed by atoms with van der Waals surface area (Å²) in [6.07, 6.45) is -0.167. The van der Waals surface area contributed by atoms with E-state index >= 15 is 0 Å². The predicted molar refractivity (Wildman–Crippen MR) is 63.1 cm³/mol. The summed E-state index contributed by atoms with van der Waals surface area (Å²) in [5.74, 6) is -0.173. The number of carbonyl (C=O) groups is 1. The number of anilines is 1. The quantitative estimate of drug-likeness (QED) is 0.580. The molecule has 1 atom stereocenters. The van der Waals surface area contributed by atoms with Crippen molar-refractivity contribution in [3.05, 3.63) is 23.8 Å². The highest BCUT2D eigenvalue weighted by atomic mass is 16.5. The second-order valence-electron chi connectivity index (χ2n) is 3.77. The first-order valence-corrected chi connectivity index (χ1v) is 4.95. The average molecular weight is 223 g/mol. The fourth-order valence-electron chi connectivity index (χ4n) is 1.20. The van der Waals surface area contributed by atoms with Gasteiger partial charge in [-0.15, -0.1) is 0 Å². The molecule has 0 aliphatic heterocycles.